The van der Waals surface area contributed by atoms with E-state index in [0.29, 0.717) is 31.3 Å². The second-order valence-electron chi connectivity index (χ2n) is 12.8. The van der Waals surface area contributed by atoms with Crippen molar-refractivity contribution in [2.24, 2.45) is 40.7 Å². The van der Waals surface area contributed by atoms with Gasteiger partial charge in [-0.3, -0.25) is 4.79 Å². The number of halogens is 1. The molecule has 4 fully saturated rings. The van der Waals surface area contributed by atoms with Gasteiger partial charge in [-0.2, -0.15) is 0 Å². The fraction of sp³-hybridized carbons (Fsp3) is 0.774. The molecule has 8 heteroatoms. The SMILES string of the molecule is COCCCOc1cc(CC(CC(N)C(O)CNC(=O)C23CC4CC(CC(C4)C2)C3)C(C)C)ccc1OC.Cl. The molecule has 0 aromatic heterocycles. The summed E-state index contributed by atoms with van der Waals surface area (Å²) in [7, 11) is 3.34. The van der Waals surface area contributed by atoms with Crippen molar-refractivity contribution in [3.05, 3.63) is 23.8 Å². The summed E-state index contributed by atoms with van der Waals surface area (Å²) in [6.07, 6.45) is 8.59. The summed E-state index contributed by atoms with van der Waals surface area (Å²) in [4.78, 5) is 13.3. The molecule has 4 bridgehead atoms. The highest BCUT2D eigenvalue weighted by Gasteiger charge is 2.54. The number of methoxy groups -OCH3 is 2. The Bertz CT molecular complexity index is 891. The molecule has 5 rings (SSSR count). The molecular weight excluding hydrogens is 516 g/mol. The first-order chi connectivity index (χ1) is 18.2. The monoisotopic (exact) mass is 566 g/mol. The minimum atomic E-state index is -0.760. The lowest BCUT2D eigenvalue weighted by molar-refractivity contribution is -0.146. The third-order valence-electron chi connectivity index (χ3n) is 9.48. The highest BCUT2D eigenvalue weighted by Crippen LogP contribution is 2.60. The lowest BCUT2D eigenvalue weighted by atomic mass is 9.49. The number of carbonyl (C=O) groups is 1. The van der Waals surface area contributed by atoms with Gasteiger partial charge in [-0.1, -0.05) is 19.9 Å². The average Bonchev–Trinajstić information content (AvgIpc) is 2.88. The van der Waals surface area contributed by atoms with Gasteiger partial charge >= 0.3 is 0 Å². The molecule has 3 atom stereocenters. The number of amides is 1. The molecule has 39 heavy (non-hydrogen) atoms. The van der Waals surface area contributed by atoms with E-state index in [1.807, 2.05) is 6.07 Å². The Morgan fingerprint density at radius 3 is 2.28 bits per heavy atom. The second-order valence-corrected chi connectivity index (χ2v) is 12.8. The van der Waals surface area contributed by atoms with Crippen LogP contribution in [0.5, 0.6) is 11.5 Å². The molecule has 1 aromatic rings. The first-order valence-electron chi connectivity index (χ1n) is 14.7. The fourth-order valence-electron chi connectivity index (χ4n) is 7.67. The topological polar surface area (TPSA) is 103 Å². The van der Waals surface area contributed by atoms with Gasteiger partial charge in [-0.05, 0) is 98.7 Å². The van der Waals surface area contributed by atoms with Crippen LogP contribution in [0.4, 0.5) is 0 Å². The van der Waals surface area contributed by atoms with Gasteiger partial charge < -0.3 is 30.4 Å². The fourth-order valence-corrected chi connectivity index (χ4v) is 7.67. The van der Waals surface area contributed by atoms with E-state index in [1.54, 1.807) is 14.2 Å². The van der Waals surface area contributed by atoms with Gasteiger partial charge in [-0.25, -0.2) is 0 Å². The van der Waals surface area contributed by atoms with Crippen molar-refractivity contribution in [1.29, 1.82) is 0 Å². The van der Waals surface area contributed by atoms with Crippen LogP contribution in [0.1, 0.15) is 70.8 Å². The van der Waals surface area contributed by atoms with Crippen molar-refractivity contribution < 1.29 is 24.1 Å². The van der Waals surface area contributed by atoms with E-state index in [2.05, 4.69) is 31.3 Å². The van der Waals surface area contributed by atoms with E-state index in [0.717, 1.165) is 61.2 Å². The van der Waals surface area contributed by atoms with Gasteiger partial charge in [0.15, 0.2) is 11.5 Å². The number of nitrogens with one attached hydrogen (secondary N) is 1. The summed E-state index contributed by atoms with van der Waals surface area (Å²) in [6.45, 7) is 5.84. The quantitative estimate of drug-likeness (QED) is 0.265. The summed E-state index contributed by atoms with van der Waals surface area (Å²) in [5.74, 6) is 4.45. The van der Waals surface area contributed by atoms with Crippen LogP contribution >= 0.6 is 12.4 Å². The summed E-state index contributed by atoms with van der Waals surface area (Å²) in [5.41, 5.74) is 7.47. The van der Waals surface area contributed by atoms with Crippen LogP contribution in [0.25, 0.3) is 0 Å². The number of rotatable bonds is 15. The second kappa shape index (κ2) is 14.4. The maximum Gasteiger partial charge on any atom is 0.226 e. The summed E-state index contributed by atoms with van der Waals surface area (Å²) in [6, 6.07) is 5.67. The van der Waals surface area contributed by atoms with Crippen molar-refractivity contribution in [3.8, 4) is 11.5 Å². The number of ether oxygens (including phenoxy) is 3. The molecular formula is C31H51ClN2O5. The molecule has 4 saturated carbocycles. The van der Waals surface area contributed by atoms with Gasteiger partial charge in [-0.15, -0.1) is 12.4 Å². The number of benzene rings is 1. The Morgan fingerprint density at radius 2 is 1.72 bits per heavy atom. The summed E-state index contributed by atoms with van der Waals surface area (Å²) in [5, 5.41) is 14.0. The van der Waals surface area contributed by atoms with Crippen LogP contribution in [0.2, 0.25) is 0 Å². The van der Waals surface area contributed by atoms with E-state index < -0.39 is 12.1 Å². The Balaban J connectivity index is 0.00000420. The maximum absolute atomic E-state index is 13.3. The Labute approximate surface area is 241 Å². The number of hydrogen-bond donors (Lipinski definition) is 3. The predicted molar refractivity (Wildman–Crippen MR) is 156 cm³/mol. The van der Waals surface area contributed by atoms with Crippen LogP contribution < -0.4 is 20.5 Å². The molecule has 7 nitrogen and oxygen atoms in total. The minimum absolute atomic E-state index is 0. The van der Waals surface area contributed by atoms with Gasteiger partial charge in [0.25, 0.3) is 0 Å². The van der Waals surface area contributed by atoms with E-state index in [1.165, 1.54) is 19.3 Å². The van der Waals surface area contributed by atoms with Crippen LogP contribution in [0.3, 0.4) is 0 Å². The molecule has 222 valence electrons. The van der Waals surface area contributed by atoms with Gasteiger partial charge in [0, 0.05) is 38.1 Å². The van der Waals surface area contributed by atoms with E-state index in [-0.39, 0.29) is 36.2 Å². The molecule has 3 unspecified atom stereocenters. The maximum atomic E-state index is 13.3. The van der Waals surface area contributed by atoms with E-state index in [4.69, 9.17) is 19.9 Å². The Kier molecular flexibility index (Phi) is 11.8. The Morgan fingerprint density at radius 1 is 1.08 bits per heavy atom. The van der Waals surface area contributed by atoms with Gasteiger partial charge in [0.05, 0.1) is 19.8 Å². The number of carbonyl (C=O) groups excluding carboxylic acids is 1. The first-order valence-corrected chi connectivity index (χ1v) is 14.7. The molecule has 1 amide bonds. The zero-order chi connectivity index (χ0) is 27.3. The van der Waals surface area contributed by atoms with Crippen molar-refractivity contribution in [3.63, 3.8) is 0 Å². The standard InChI is InChI=1S/C31H50N2O5.ClH/c1-20(2)25(13-21-6-7-28(37-4)29(14-21)38-9-5-8-36-3)15-26(32)27(34)19-33-30(35)31-16-22-10-23(17-31)12-24(11-22)18-31;/h6-7,14,20,22-27,34H,5,8-13,15-19,32H2,1-4H3,(H,33,35);1H. The minimum Gasteiger partial charge on any atom is -0.493 e. The zero-order valence-electron chi connectivity index (χ0n) is 24.3. The molecule has 4 aliphatic carbocycles. The molecule has 0 aliphatic heterocycles. The molecule has 0 heterocycles. The highest BCUT2D eigenvalue weighted by atomic mass is 35.5. The van der Waals surface area contributed by atoms with Crippen molar-refractivity contribution >= 4 is 18.3 Å². The molecule has 0 saturated heterocycles. The van der Waals surface area contributed by atoms with E-state index >= 15 is 0 Å². The number of hydrogen-bond acceptors (Lipinski definition) is 6. The predicted octanol–water partition coefficient (Wildman–Crippen LogP) is 4.76. The lowest BCUT2D eigenvalue weighted by Crippen LogP contribution is -2.55. The first kappa shape index (κ1) is 32.0. The Hall–Kier alpha value is -1.54. The number of nitrogens with two attached hydrogens (primary N) is 1. The largest absolute Gasteiger partial charge is 0.493 e. The van der Waals surface area contributed by atoms with Crippen LogP contribution in [-0.4, -0.2) is 57.1 Å². The summed E-state index contributed by atoms with van der Waals surface area (Å²) < 4.78 is 16.6. The highest BCUT2D eigenvalue weighted by molar-refractivity contribution is 5.85. The van der Waals surface area contributed by atoms with Crippen molar-refractivity contribution in [1.82, 2.24) is 5.32 Å². The average molecular weight is 567 g/mol. The van der Waals surface area contributed by atoms with Crippen molar-refractivity contribution in [2.45, 2.75) is 83.8 Å². The summed E-state index contributed by atoms with van der Waals surface area (Å²) >= 11 is 0. The van der Waals surface area contributed by atoms with Crippen LogP contribution in [-0.2, 0) is 16.0 Å². The van der Waals surface area contributed by atoms with E-state index in [9.17, 15) is 9.90 Å². The molecule has 1 aromatic carbocycles. The molecule has 4 N–H and O–H groups in total. The number of aliphatic hydroxyl groups is 1. The number of aliphatic hydroxyl groups excluding tert-OH is 1. The third-order valence-corrected chi connectivity index (χ3v) is 9.48. The lowest BCUT2D eigenvalue weighted by Gasteiger charge is -2.55. The van der Waals surface area contributed by atoms with Crippen LogP contribution in [0, 0.1) is 35.0 Å². The smallest absolute Gasteiger partial charge is 0.226 e. The van der Waals surface area contributed by atoms with Gasteiger partial charge in [0.1, 0.15) is 0 Å². The molecule has 0 radical (unpaired) electrons. The third kappa shape index (κ3) is 8.02. The van der Waals surface area contributed by atoms with Crippen LogP contribution in [0.15, 0.2) is 18.2 Å². The van der Waals surface area contributed by atoms with Crippen molar-refractivity contribution in [2.75, 3.05) is 34.0 Å². The van der Waals surface area contributed by atoms with Gasteiger partial charge in [0.2, 0.25) is 5.91 Å². The molecule has 4 aliphatic rings. The molecule has 0 spiro atoms. The zero-order valence-corrected chi connectivity index (χ0v) is 25.1. The normalized spacial score (nSPS) is 27.5.